The van der Waals surface area contributed by atoms with E-state index in [0.717, 1.165) is 20.2 Å². The van der Waals surface area contributed by atoms with Crippen molar-refractivity contribution in [3.05, 3.63) is 56.5 Å². The molecule has 0 aliphatic carbocycles. The standard InChI is InChI=1S/C21H23Br2NO3/c1-21(2,3)14-7-8-17(15(22)12-14)24-19(25)9-6-13-10-16(23)20(27-5)18(11-13)26-4/h6-12H,1-5H3,(H,24,25)/b9-6+. The maximum atomic E-state index is 12.3. The summed E-state index contributed by atoms with van der Waals surface area (Å²) in [7, 11) is 3.15. The summed E-state index contributed by atoms with van der Waals surface area (Å²) in [5, 5.41) is 2.88. The van der Waals surface area contributed by atoms with Gasteiger partial charge in [-0.3, -0.25) is 4.79 Å². The molecule has 0 spiro atoms. The number of carbonyl (C=O) groups is 1. The second kappa shape index (κ2) is 8.93. The Balaban J connectivity index is 2.15. The maximum absolute atomic E-state index is 12.3. The van der Waals surface area contributed by atoms with E-state index < -0.39 is 0 Å². The Labute approximate surface area is 177 Å². The van der Waals surface area contributed by atoms with Gasteiger partial charge >= 0.3 is 0 Å². The number of rotatable bonds is 5. The molecule has 0 radical (unpaired) electrons. The van der Waals surface area contributed by atoms with E-state index in [1.165, 1.54) is 11.6 Å². The molecule has 2 rings (SSSR count). The SMILES string of the molecule is COc1cc(/C=C/C(=O)Nc2ccc(C(C)(C)C)cc2Br)cc(Br)c1OC. The van der Waals surface area contributed by atoms with Crippen molar-refractivity contribution in [1.29, 1.82) is 0 Å². The molecule has 144 valence electrons. The fourth-order valence-corrected chi connectivity index (χ4v) is 3.56. The Hall–Kier alpha value is -1.79. The van der Waals surface area contributed by atoms with Crippen molar-refractivity contribution in [2.24, 2.45) is 0 Å². The number of halogens is 2. The van der Waals surface area contributed by atoms with Crippen molar-refractivity contribution in [1.82, 2.24) is 0 Å². The highest BCUT2D eigenvalue weighted by molar-refractivity contribution is 9.11. The molecule has 0 aromatic heterocycles. The molecule has 0 aliphatic heterocycles. The smallest absolute Gasteiger partial charge is 0.248 e. The number of nitrogens with one attached hydrogen (secondary N) is 1. The minimum Gasteiger partial charge on any atom is -0.493 e. The average Bonchev–Trinajstić information content (AvgIpc) is 2.60. The van der Waals surface area contributed by atoms with Gasteiger partial charge in [-0.1, -0.05) is 26.8 Å². The number of ether oxygens (including phenoxy) is 2. The van der Waals surface area contributed by atoms with E-state index in [9.17, 15) is 4.79 Å². The highest BCUT2D eigenvalue weighted by Gasteiger charge is 2.15. The number of amides is 1. The zero-order chi connectivity index (χ0) is 20.2. The third-order valence-corrected chi connectivity index (χ3v) is 5.22. The van der Waals surface area contributed by atoms with E-state index in [-0.39, 0.29) is 11.3 Å². The van der Waals surface area contributed by atoms with Gasteiger partial charge in [0.25, 0.3) is 0 Å². The molecule has 1 amide bonds. The van der Waals surface area contributed by atoms with E-state index in [4.69, 9.17) is 9.47 Å². The van der Waals surface area contributed by atoms with Gasteiger partial charge in [0.05, 0.1) is 24.4 Å². The van der Waals surface area contributed by atoms with Crippen molar-refractivity contribution >= 4 is 49.5 Å². The predicted molar refractivity (Wildman–Crippen MR) is 118 cm³/mol. The van der Waals surface area contributed by atoms with Crippen LogP contribution in [0, 0.1) is 0 Å². The second-order valence-corrected chi connectivity index (χ2v) is 8.71. The number of methoxy groups -OCH3 is 2. The summed E-state index contributed by atoms with van der Waals surface area (Å²) >= 11 is 6.98. The third-order valence-electron chi connectivity index (χ3n) is 3.98. The van der Waals surface area contributed by atoms with E-state index in [1.54, 1.807) is 26.4 Å². The predicted octanol–water partition coefficient (Wildman–Crippen LogP) is 6.18. The first-order valence-corrected chi connectivity index (χ1v) is 9.95. The first-order valence-electron chi connectivity index (χ1n) is 8.36. The molecule has 0 unspecified atom stereocenters. The second-order valence-electron chi connectivity index (χ2n) is 7.01. The normalized spacial score (nSPS) is 11.5. The zero-order valence-electron chi connectivity index (χ0n) is 16.0. The Morgan fingerprint density at radius 3 is 2.30 bits per heavy atom. The molecule has 0 saturated heterocycles. The van der Waals surface area contributed by atoms with Crippen LogP contribution in [0.4, 0.5) is 5.69 Å². The van der Waals surface area contributed by atoms with E-state index in [2.05, 4.69) is 57.9 Å². The number of benzene rings is 2. The summed E-state index contributed by atoms with van der Waals surface area (Å²) in [5.41, 5.74) is 2.78. The summed E-state index contributed by atoms with van der Waals surface area (Å²) in [6.45, 7) is 6.45. The van der Waals surface area contributed by atoms with Crippen LogP contribution in [0.3, 0.4) is 0 Å². The van der Waals surface area contributed by atoms with Gasteiger partial charge in [0, 0.05) is 10.5 Å². The molecule has 2 aromatic carbocycles. The molecular weight excluding hydrogens is 474 g/mol. The summed E-state index contributed by atoms with van der Waals surface area (Å²) < 4.78 is 12.2. The van der Waals surface area contributed by atoms with Crippen LogP contribution in [0.15, 0.2) is 45.4 Å². The molecule has 0 fully saturated rings. The summed E-state index contributed by atoms with van der Waals surface area (Å²) in [6, 6.07) is 9.63. The monoisotopic (exact) mass is 495 g/mol. The van der Waals surface area contributed by atoms with Gasteiger partial charge in [-0.15, -0.1) is 0 Å². The molecule has 0 bridgehead atoms. The first kappa shape index (κ1) is 21.5. The number of hydrogen-bond donors (Lipinski definition) is 1. The van der Waals surface area contributed by atoms with Crippen LogP contribution in [0.25, 0.3) is 6.08 Å². The van der Waals surface area contributed by atoms with Gasteiger partial charge < -0.3 is 14.8 Å². The molecule has 1 N–H and O–H groups in total. The van der Waals surface area contributed by atoms with Crippen LogP contribution in [0.1, 0.15) is 31.9 Å². The average molecular weight is 497 g/mol. The minimum atomic E-state index is -0.217. The van der Waals surface area contributed by atoms with Crippen LogP contribution in [0.2, 0.25) is 0 Å². The Kier molecular flexibility index (Phi) is 7.12. The number of anilines is 1. The molecule has 6 heteroatoms. The third kappa shape index (κ3) is 5.59. The molecule has 27 heavy (non-hydrogen) atoms. The molecule has 0 saturated carbocycles. The maximum Gasteiger partial charge on any atom is 0.248 e. The lowest BCUT2D eigenvalue weighted by atomic mass is 9.87. The van der Waals surface area contributed by atoms with Crippen LogP contribution < -0.4 is 14.8 Å². The summed E-state index contributed by atoms with van der Waals surface area (Å²) in [6.07, 6.45) is 3.21. The molecule has 0 atom stereocenters. The zero-order valence-corrected chi connectivity index (χ0v) is 19.2. The Morgan fingerprint density at radius 1 is 1.04 bits per heavy atom. The van der Waals surface area contributed by atoms with Gasteiger partial charge in [-0.25, -0.2) is 0 Å². The molecule has 4 nitrogen and oxygen atoms in total. The van der Waals surface area contributed by atoms with E-state index in [0.29, 0.717) is 11.5 Å². The van der Waals surface area contributed by atoms with Gasteiger partial charge in [0.15, 0.2) is 11.5 Å². The minimum absolute atomic E-state index is 0.0474. The largest absolute Gasteiger partial charge is 0.493 e. The van der Waals surface area contributed by atoms with Crippen molar-refractivity contribution in [2.75, 3.05) is 19.5 Å². The van der Waals surface area contributed by atoms with Gasteiger partial charge in [-0.05, 0) is 78.7 Å². The van der Waals surface area contributed by atoms with Gasteiger partial charge in [0.2, 0.25) is 5.91 Å². The van der Waals surface area contributed by atoms with Crippen LogP contribution in [-0.2, 0) is 10.2 Å². The number of hydrogen-bond acceptors (Lipinski definition) is 3. The van der Waals surface area contributed by atoms with E-state index in [1.807, 2.05) is 24.3 Å². The van der Waals surface area contributed by atoms with Gasteiger partial charge in [-0.2, -0.15) is 0 Å². The molecule has 0 aliphatic rings. The summed E-state index contributed by atoms with van der Waals surface area (Å²) in [5.74, 6) is 0.986. The Morgan fingerprint density at radius 2 is 1.74 bits per heavy atom. The lowest BCUT2D eigenvalue weighted by Crippen LogP contribution is -2.12. The fourth-order valence-electron chi connectivity index (χ4n) is 2.46. The lowest BCUT2D eigenvalue weighted by Gasteiger charge is -2.20. The highest BCUT2D eigenvalue weighted by atomic mass is 79.9. The molecule has 2 aromatic rings. The van der Waals surface area contributed by atoms with Crippen LogP contribution in [0.5, 0.6) is 11.5 Å². The van der Waals surface area contributed by atoms with Crippen LogP contribution in [-0.4, -0.2) is 20.1 Å². The van der Waals surface area contributed by atoms with Crippen molar-refractivity contribution in [3.8, 4) is 11.5 Å². The first-order chi connectivity index (χ1) is 12.7. The topological polar surface area (TPSA) is 47.6 Å². The fraction of sp³-hybridized carbons (Fsp3) is 0.286. The lowest BCUT2D eigenvalue weighted by molar-refractivity contribution is -0.111. The molecule has 0 heterocycles. The van der Waals surface area contributed by atoms with Crippen molar-refractivity contribution < 1.29 is 14.3 Å². The van der Waals surface area contributed by atoms with Crippen LogP contribution >= 0.6 is 31.9 Å². The molecular formula is C21H23Br2NO3. The van der Waals surface area contributed by atoms with E-state index >= 15 is 0 Å². The highest BCUT2D eigenvalue weighted by Crippen LogP contribution is 2.36. The number of carbonyl (C=O) groups excluding carboxylic acids is 1. The summed E-state index contributed by atoms with van der Waals surface area (Å²) in [4.78, 5) is 12.3. The van der Waals surface area contributed by atoms with Crippen molar-refractivity contribution in [3.63, 3.8) is 0 Å². The quantitative estimate of drug-likeness (QED) is 0.503. The van der Waals surface area contributed by atoms with Gasteiger partial charge in [0.1, 0.15) is 0 Å². The van der Waals surface area contributed by atoms with Crippen molar-refractivity contribution in [2.45, 2.75) is 26.2 Å². The Bertz CT molecular complexity index is 870.